The van der Waals surface area contributed by atoms with Crippen LogP contribution in [0.1, 0.15) is 26.7 Å². The van der Waals surface area contributed by atoms with Crippen molar-refractivity contribution >= 4 is 11.9 Å². The molecule has 0 aliphatic rings. The second-order valence-electron chi connectivity index (χ2n) is 2.22. The third-order valence-corrected chi connectivity index (χ3v) is 1.11. The summed E-state index contributed by atoms with van der Waals surface area (Å²) in [5.41, 5.74) is 0. The molecule has 0 saturated heterocycles. The number of hydrogen-bond donors (Lipinski definition) is 1. The van der Waals surface area contributed by atoms with Crippen LogP contribution in [0.4, 0.5) is 0 Å². The highest BCUT2D eigenvalue weighted by Crippen LogP contribution is 1.96. The van der Waals surface area contributed by atoms with Crippen LogP contribution in [0.25, 0.3) is 0 Å². The van der Waals surface area contributed by atoms with Crippen LogP contribution < -0.4 is 0 Å². The molecule has 4 heteroatoms. The average molecular weight is 160 g/mol. The van der Waals surface area contributed by atoms with Gasteiger partial charge in [-0.05, 0) is 13.3 Å². The summed E-state index contributed by atoms with van der Waals surface area (Å²) in [6.45, 7) is 3.16. The number of rotatable bonds is 4. The molecule has 0 aromatic heterocycles. The van der Waals surface area contributed by atoms with Crippen LogP contribution in [-0.4, -0.2) is 23.1 Å². The predicted molar refractivity (Wildman–Crippen MR) is 38.1 cm³/mol. The Morgan fingerprint density at radius 1 is 1.55 bits per heavy atom. The summed E-state index contributed by atoms with van der Waals surface area (Å²) in [4.78, 5) is 20.8. The number of carboxylic acids is 1. The van der Waals surface area contributed by atoms with Gasteiger partial charge in [-0.2, -0.15) is 0 Å². The second-order valence-corrected chi connectivity index (χ2v) is 2.22. The fourth-order valence-electron chi connectivity index (χ4n) is 0.511. The monoisotopic (exact) mass is 160 g/mol. The molecule has 0 amide bonds. The largest absolute Gasteiger partial charge is 0.479 e. The molecule has 0 aromatic rings. The highest BCUT2D eigenvalue weighted by atomic mass is 16.6. The molecule has 4 nitrogen and oxygen atoms in total. The number of esters is 1. The SMILES string of the molecule is CCCC(=O)OC(C)C(=O)O. The molecular formula is C7H12O4. The molecule has 0 aliphatic carbocycles. The summed E-state index contributed by atoms with van der Waals surface area (Å²) in [5.74, 6) is -1.57. The molecule has 0 rings (SSSR count). The third kappa shape index (κ3) is 4.36. The first-order valence-electron chi connectivity index (χ1n) is 3.50. The van der Waals surface area contributed by atoms with Gasteiger partial charge in [0.15, 0.2) is 6.10 Å². The van der Waals surface area contributed by atoms with Crippen LogP contribution in [-0.2, 0) is 14.3 Å². The molecule has 1 atom stereocenters. The molecule has 0 saturated carbocycles. The summed E-state index contributed by atoms with van der Waals surface area (Å²) < 4.78 is 4.51. The Morgan fingerprint density at radius 3 is 2.45 bits per heavy atom. The van der Waals surface area contributed by atoms with Gasteiger partial charge in [0.2, 0.25) is 0 Å². The van der Waals surface area contributed by atoms with Crippen molar-refractivity contribution in [1.82, 2.24) is 0 Å². The summed E-state index contributed by atoms with van der Waals surface area (Å²) in [5, 5.41) is 8.32. The first-order chi connectivity index (χ1) is 5.07. The predicted octanol–water partition coefficient (Wildman–Crippen LogP) is 0.803. The number of carbonyl (C=O) groups excluding carboxylic acids is 1. The Balaban J connectivity index is 3.66. The van der Waals surface area contributed by atoms with Crippen molar-refractivity contribution in [2.45, 2.75) is 32.8 Å². The summed E-state index contributed by atoms with van der Waals surface area (Å²) in [6.07, 6.45) is -0.0861. The van der Waals surface area contributed by atoms with Crippen LogP contribution >= 0.6 is 0 Å². The van der Waals surface area contributed by atoms with E-state index in [0.717, 1.165) is 0 Å². The van der Waals surface area contributed by atoms with Gasteiger partial charge < -0.3 is 9.84 Å². The zero-order valence-corrected chi connectivity index (χ0v) is 6.66. The van der Waals surface area contributed by atoms with E-state index in [1.54, 1.807) is 0 Å². The molecule has 0 fully saturated rings. The van der Waals surface area contributed by atoms with E-state index in [2.05, 4.69) is 4.74 Å². The topological polar surface area (TPSA) is 63.6 Å². The summed E-state index contributed by atoms with van der Waals surface area (Å²) >= 11 is 0. The van der Waals surface area contributed by atoms with Gasteiger partial charge in [0, 0.05) is 6.42 Å². The van der Waals surface area contributed by atoms with E-state index in [1.165, 1.54) is 6.92 Å². The molecule has 1 N–H and O–H groups in total. The van der Waals surface area contributed by atoms with Gasteiger partial charge in [-0.15, -0.1) is 0 Å². The third-order valence-electron chi connectivity index (χ3n) is 1.11. The lowest BCUT2D eigenvalue weighted by atomic mass is 10.3. The van der Waals surface area contributed by atoms with Gasteiger partial charge >= 0.3 is 11.9 Å². The van der Waals surface area contributed by atoms with Crippen molar-refractivity contribution in [3.8, 4) is 0 Å². The highest BCUT2D eigenvalue weighted by molar-refractivity contribution is 5.77. The molecule has 0 heterocycles. The van der Waals surface area contributed by atoms with Gasteiger partial charge in [0.05, 0.1) is 0 Å². The van der Waals surface area contributed by atoms with Crippen LogP contribution in [0.15, 0.2) is 0 Å². The van der Waals surface area contributed by atoms with Crippen molar-refractivity contribution < 1.29 is 19.4 Å². The van der Waals surface area contributed by atoms with Crippen molar-refractivity contribution in [3.63, 3.8) is 0 Å². The zero-order valence-electron chi connectivity index (χ0n) is 6.66. The normalized spacial score (nSPS) is 12.2. The summed E-state index contributed by atoms with van der Waals surface area (Å²) in [7, 11) is 0. The molecule has 64 valence electrons. The number of carbonyl (C=O) groups is 2. The quantitative estimate of drug-likeness (QED) is 0.618. The van der Waals surface area contributed by atoms with E-state index in [9.17, 15) is 9.59 Å². The number of ether oxygens (including phenoxy) is 1. The second kappa shape index (κ2) is 4.71. The molecule has 11 heavy (non-hydrogen) atoms. The Morgan fingerprint density at radius 2 is 2.09 bits per heavy atom. The Kier molecular flexibility index (Phi) is 4.26. The minimum absolute atomic E-state index is 0.275. The lowest BCUT2D eigenvalue weighted by Crippen LogP contribution is -2.23. The van der Waals surface area contributed by atoms with E-state index in [1.807, 2.05) is 6.92 Å². The maximum atomic E-state index is 10.7. The number of aliphatic carboxylic acids is 1. The molecule has 1 unspecified atom stereocenters. The fourth-order valence-corrected chi connectivity index (χ4v) is 0.511. The molecule has 0 aliphatic heterocycles. The first-order valence-corrected chi connectivity index (χ1v) is 3.50. The van der Waals surface area contributed by atoms with Crippen molar-refractivity contribution in [3.05, 3.63) is 0 Å². The Labute approximate surface area is 65.2 Å². The van der Waals surface area contributed by atoms with E-state index < -0.39 is 18.0 Å². The van der Waals surface area contributed by atoms with Gasteiger partial charge in [-0.3, -0.25) is 4.79 Å². The van der Waals surface area contributed by atoms with Crippen LogP contribution in [0.2, 0.25) is 0 Å². The van der Waals surface area contributed by atoms with Crippen molar-refractivity contribution in [1.29, 1.82) is 0 Å². The van der Waals surface area contributed by atoms with Gasteiger partial charge in [-0.1, -0.05) is 6.92 Å². The Bertz CT molecular complexity index is 153. The average Bonchev–Trinajstić information content (AvgIpc) is 1.87. The van der Waals surface area contributed by atoms with Crippen LogP contribution in [0.3, 0.4) is 0 Å². The number of hydrogen-bond acceptors (Lipinski definition) is 3. The first kappa shape index (κ1) is 9.94. The fraction of sp³-hybridized carbons (Fsp3) is 0.714. The number of carboxylic acid groups (broad SMARTS) is 1. The van der Waals surface area contributed by atoms with Gasteiger partial charge in [0.25, 0.3) is 0 Å². The smallest absolute Gasteiger partial charge is 0.344 e. The van der Waals surface area contributed by atoms with Crippen LogP contribution in [0.5, 0.6) is 0 Å². The molecular weight excluding hydrogens is 148 g/mol. The minimum atomic E-state index is -1.12. The minimum Gasteiger partial charge on any atom is -0.479 e. The van der Waals surface area contributed by atoms with E-state index in [0.29, 0.717) is 6.42 Å². The highest BCUT2D eigenvalue weighted by Gasteiger charge is 2.14. The molecule has 0 spiro atoms. The maximum absolute atomic E-state index is 10.7. The van der Waals surface area contributed by atoms with Gasteiger partial charge in [0.1, 0.15) is 0 Å². The summed E-state index contributed by atoms with van der Waals surface area (Å²) in [6, 6.07) is 0. The van der Waals surface area contributed by atoms with E-state index in [4.69, 9.17) is 5.11 Å². The zero-order chi connectivity index (χ0) is 8.85. The van der Waals surface area contributed by atoms with Crippen LogP contribution in [0, 0.1) is 0 Å². The van der Waals surface area contributed by atoms with Crippen molar-refractivity contribution in [2.24, 2.45) is 0 Å². The molecule has 0 radical (unpaired) electrons. The molecule has 0 aromatic carbocycles. The lowest BCUT2D eigenvalue weighted by molar-refractivity contribution is -0.162. The maximum Gasteiger partial charge on any atom is 0.344 e. The lowest BCUT2D eigenvalue weighted by Gasteiger charge is -2.06. The van der Waals surface area contributed by atoms with E-state index in [-0.39, 0.29) is 6.42 Å². The van der Waals surface area contributed by atoms with E-state index >= 15 is 0 Å². The van der Waals surface area contributed by atoms with Crippen molar-refractivity contribution in [2.75, 3.05) is 0 Å². The molecule has 0 bridgehead atoms. The standard InChI is InChI=1S/C7H12O4/c1-3-4-6(8)11-5(2)7(9)10/h5H,3-4H2,1-2H3,(H,9,10). The van der Waals surface area contributed by atoms with Gasteiger partial charge in [-0.25, -0.2) is 4.79 Å². The Hall–Kier alpha value is -1.06.